The number of rotatable bonds is 2. The van der Waals surface area contributed by atoms with E-state index in [2.05, 4.69) is 11.8 Å². The molecule has 0 aromatic rings. The third-order valence-corrected chi connectivity index (χ3v) is 3.47. The Bertz CT molecular complexity index is 223. The third kappa shape index (κ3) is 1.35. The minimum absolute atomic E-state index is 0.458. The molecule has 2 aliphatic rings. The van der Waals surface area contributed by atoms with Crippen LogP contribution in [0.3, 0.4) is 0 Å². The van der Waals surface area contributed by atoms with Gasteiger partial charge in [-0.2, -0.15) is 0 Å². The molecular formula is C10H17NO2. The molecule has 0 aromatic heterocycles. The van der Waals surface area contributed by atoms with E-state index < -0.39 is 11.5 Å². The van der Waals surface area contributed by atoms with Crippen LogP contribution in [0.25, 0.3) is 0 Å². The predicted octanol–water partition coefficient (Wildman–Crippen LogP) is 1.48. The summed E-state index contributed by atoms with van der Waals surface area (Å²) in [6.07, 6.45) is 5.29. The second-order valence-electron chi connectivity index (χ2n) is 4.37. The van der Waals surface area contributed by atoms with Crippen LogP contribution in [-0.4, -0.2) is 34.1 Å². The molecule has 1 unspecified atom stereocenters. The standard InChI is InChI=1S/C10H17NO2/c1-8-4-2-3-7-11(8)10(5-6-10)9(12)13/h8H,2-7H2,1H3,(H,12,13). The first-order chi connectivity index (χ1) is 6.17. The average Bonchev–Trinajstić information content (AvgIpc) is 2.85. The highest BCUT2D eigenvalue weighted by atomic mass is 16.4. The van der Waals surface area contributed by atoms with Gasteiger partial charge in [-0.3, -0.25) is 9.69 Å². The van der Waals surface area contributed by atoms with Crippen molar-refractivity contribution in [2.24, 2.45) is 0 Å². The van der Waals surface area contributed by atoms with Crippen molar-refractivity contribution in [1.29, 1.82) is 0 Å². The van der Waals surface area contributed by atoms with Gasteiger partial charge < -0.3 is 5.11 Å². The van der Waals surface area contributed by atoms with Crippen LogP contribution < -0.4 is 0 Å². The van der Waals surface area contributed by atoms with Gasteiger partial charge in [-0.05, 0) is 39.2 Å². The quantitative estimate of drug-likeness (QED) is 0.705. The zero-order valence-corrected chi connectivity index (χ0v) is 8.12. The molecule has 13 heavy (non-hydrogen) atoms. The Labute approximate surface area is 78.7 Å². The van der Waals surface area contributed by atoms with Crippen molar-refractivity contribution in [3.63, 3.8) is 0 Å². The van der Waals surface area contributed by atoms with Crippen LogP contribution in [0.1, 0.15) is 39.0 Å². The van der Waals surface area contributed by atoms with Gasteiger partial charge in [0.15, 0.2) is 0 Å². The van der Waals surface area contributed by atoms with Crippen LogP contribution in [0.5, 0.6) is 0 Å². The van der Waals surface area contributed by atoms with Gasteiger partial charge in [-0.25, -0.2) is 0 Å². The molecule has 1 atom stereocenters. The number of carbonyl (C=O) groups is 1. The Morgan fingerprint density at radius 3 is 2.62 bits per heavy atom. The predicted molar refractivity (Wildman–Crippen MR) is 49.6 cm³/mol. The first kappa shape index (κ1) is 9.00. The summed E-state index contributed by atoms with van der Waals surface area (Å²) in [4.78, 5) is 13.3. The van der Waals surface area contributed by atoms with Gasteiger partial charge in [0, 0.05) is 6.04 Å². The van der Waals surface area contributed by atoms with E-state index in [1.54, 1.807) is 0 Å². The Morgan fingerprint density at radius 1 is 1.46 bits per heavy atom. The second-order valence-corrected chi connectivity index (χ2v) is 4.37. The third-order valence-electron chi connectivity index (χ3n) is 3.47. The summed E-state index contributed by atoms with van der Waals surface area (Å²) >= 11 is 0. The molecule has 1 N–H and O–H groups in total. The van der Waals surface area contributed by atoms with Crippen LogP contribution in [0.2, 0.25) is 0 Å². The fourth-order valence-corrected chi connectivity index (χ4v) is 2.48. The molecule has 2 rings (SSSR count). The van der Waals surface area contributed by atoms with Crippen LogP contribution in [0, 0.1) is 0 Å². The lowest BCUT2D eigenvalue weighted by Crippen LogP contribution is -2.50. The maximum Gasteiger partial charge on any atom is 0.324 e. The SMILES string of the molecule is CC1CCCCN1C1(C(=O)O)CC1. The van der Waals surface area contributed by atoms with Crippen molar-refractivity contribution in [3.8, 4) is 0 Å². The largest absolute Gasteiger partial charge is 0.480 e. The van der Waals surface area contributed by atoms with Crippen LogP contribution >= 0.6 is 0 Å². The molecule has 1 saturated heterocycles. The van der Waals surface area contributed by atoms with Crippen LogP contribution in [0.15, 0.2) is 0 Å². The maximum absolute atomic E-state index is 11.1. The number of nitrogens with zero attached hydrogens (tertiary/aromatic N) is 1. The van der Waals surface area contributed by atoms with E-state index in [-0.39, 0.29) is 0 Å². The Morgan fingerprint density at radius 2 is 2.15 bits per heavy atom. The van der Waals surface area contributed by atoms with Crippen molar-refractivity contribution >= 4 is 5.97 Å². The topological polar surface area (TPSA) is 40.5 Å². The molecule has 1 aliphatic heterocycles. The van der Waals surface area contributed by atoms with Crippen molar-refractivity contribution in [1.82, 2.24) is 4.90 Å². The zero-order chi connectivity index (χ0) is 9.47. The van der Waals surface area contributed by atoms with Gasteiger partial charge in [-0.1, -0.05) is 6.42 Å². The van der Waals surface area contributed by atoms with E-state index >= 15 is 0 Å². The van der Waals surface area contributed by atoms with Gasteiger partial charge >= 0.3 is 5.97 Å². The Balaban J connectivity index is 2.10. The Hall–Kier alpha value is -0.570. The molecule has 3 nitrogen and oxygen atoms in total. The summed E-state index contributed by atoms with van der Waals surface area (Å²) in [6, 6.07) is 0.465. The number of piperidine rings is 1. The second kappa shape index (κ2) is 2.98. The summed E-state index contributed by atoms with van der Waals surface area (Å²) in [5.74, 6) is -0.610. The maximum atomic E-state index is 11.1. The van der Waals surface area contributed by atoms with E-state index in [0.717, 1.165) is 25.8 Å². The summed E-state index contributed by atoms with van der Waals surface area (Å²) in [6.45, 7) is 3.13. The first-order valence-electron chi connectivity index (χ1n) is 5.17. The van der Waals surface area contributed by atoms with Gasteiger partial charge in [0.25, 0.3) is 0 Å². The van der Waals surface area contributed by atoms with Crippen molar-refractivity contribution in [2.75, 3.05) is 6.54 Å². The lowest BCUT2D eigenvalue weighted by atomic mass is 10.00. The molecular weight excluding hydrogens is 166 g/mol. The summed E-state index contributed by atoms with van der Waals surface area (Å²) in [7, 11) is 0. The highest BCUT2D eigenvalue weighted by Crippen LogP contribution is 2.44. The van der Waals surface area contributed by atoms with Gasteiger partial charge in [-0.15, -0.1) is 0 Å². The van der Waals surface area contributed by atoms with Crippen molar-refractivity contribution in [3.05, 3.63) is 0 Å². The fraction of sp³-hybridized carbons (Fsp3) is 0.900. The van der Waals surface area contributed by atoms with Crippen LogP contribution in [-0.2, 0) is 4.79 Å². The van der Waals surface area contributed by atoms with E-state index in [1.165, 1.54) is 12.8 Å². The highest BCUT2D eigenvalue weighted by molar-refractivity contribution is 5.82. The monoisotopic (exact) mass is 183 g/mol. The minimum atomic E-state index is -0.610. The molecule has 0 spiro atoms. The Kier molecular flexibility index (Phi) is 2.06. The van der Waals surface area contributed by atoms with Crippen molar-refractivity contribution < 1.29 is 9.90 Å². The molecule has 3 heteroatoms. The molecule has 1 aliphatic carbocycles. The molecule has 74 valence electrons. The number of aliphatic carboxylic acids is 1. The zero-order valence-electron chi connectivity index (χ0n) is 8.12. The highest BCUT2D eigenvalue weighted by Gasteiger charge is 2.56. The fourth-order valence-electron chi connectivity index (χ4n) is 2.48. The molecule has 1 heterocycles. The molecule has 2 fully saturated rings. The average molecular weight is 183 g/mol. The van der Waals surface area contributed by atoms with E-state index in [0.29, 0.717) is 6.04 Å². The smallest absolute Gasteiger partial charge is 0.324 e. The lowest BCUT2D eigenvalue weighted by molar-refractivity contribution is -0.147. The summed E-state index contributed by atoms with van der Waals surface area (Å²) in [5.41, 5.74) is -0.458. The molecule has 1 saturated carbocycles. The van der Waals surface area contributed by atoms with E-state index in [4.69, 9.17) is 5.11 Å². The molecule has 0 aromatic carbocycles. The number of likely N-dealkylation sites (tertiary alicyclic amines) is 1. The van der Waals surface area contributed by atoms with Crippen LogP contribution in [0.4, 0.5) is 0 Å². The lowest BCUT2D eigenvalue weighted by Gasteiger charge is -2.37. The number of hydrogen-bond acceptors (Lipinski definition) is 2. The number of carboxylic acid groups (broad SMARTS) is 1. The summed E-state index contributed by atoms with van der Waals surface area (Å²) in [5, 5.41) is 9.13. The van der Waals surface area contributed by atoms with Gasteiger partial charge in [0.2, 0.25) is 0 Å². The van der Waals surface area contributed by atoms with Crippen molar-refractivity contribution in [2.45, 2.75) is 50.6 Å². The number of hydrogen-bond donors (Lipinski definition) is 1. The molecule has 0 amide bonds. The summed E-state index contributed by atoms with van der Waals surface area (Å²) < 4.78 is 0. The van der Waals surface area contributed by atoms with E-state index in [1.807, 2.05) is 0 Å². The van der Waals surface area contributed by atoms with E-state index in [9.17, 15) is 4.79 Å². The van der Waals surface area contributed by atoms with Gasteiger partial charge in [0.05, 0.1) is 0 Å². The normalized spacial score (nSPS) is 32.8. The molecule has 0 radical (unpaired) electrons. The first-order valence-corrected chi connectivity index (χ1v) is 5.17. The number of carboxylic acids is 1. The molecule has 0 bridgehead atoms. The van der Waals surface area contributed by atoms with Gasteiger partial charge in [0.1, 0.15) is 5.54 Å². The minimum Gasteiger partial charge on any atom is -0.480 e.